The van der Waals surface area contributed by atoms with Gasteiger partial charge >= 0.3 is 6.36 Å². The van der Waals surface area contributed by atoms with Gasteiger partial charge in [-0.3, -0.25) is 10.1 Å². The predicted molar refractivity (Wildman–Crippen MR) is 98.0 cm³/mol. The highest BCUT2D eigenvalue weighted by atomic mass is 32.1. The van der Waals surface area contributed by atoms with Crippen molar-refractivity contribution in [2.45, 2.75) is 19.7 Å². The van der Waals surface area contributed by atoms with Crippen LogP contribution in [0.2, 0.25) is 0 Å². The number of aryl methyl sites for hydroxylation is 1. The van der Waals surface area contributed by atoms with Crippen LogP contribution >= 0.6 is 11.3 Å². The molecular formula is C19H15F3N2O2S. The molecule has 0 spiro atoms. The molecule has 4 nitrogen and oxygen atoms in total. The standard InChI is InChI=1S/C19H15F3N2O2S/c1-2-12-3-5-13(6-4-12)16-11-27-18(23-16)24-17(25)14-7-9-15(10-8-14)26-19(20,21)22/h3-11H,2H2,1H3,(H,23,24,25). The number of amides is 1. The molecule has 0 radical (unpaired) electrons. The van der Waals surface area contributed by atoms with Crippen LogP contribution in [0.25, 0.3) is 11.3 Å². The van der Waals surface area contributed by atoms with Gasteiger partial charge in [0.25, 0.3) is 5.91 Å². The molecule has 140 valence electrons. The maximum Gasteiger partial charge on any atom is 0.573 e. The number of alkyl halides is 3. The average molecular weight is 392 g/mol. The third-order valence-corrected chi connectivity index (χ3v) is 4.49. The first kappa shape index (κ1) is 18.9. The van der Waals surface area contributed by atoms with Crippen LogP contribution in [0, 0.1) is 0 Å². The molecule has 3 rings (SSSR count). The van der Waals surface area contributed by atoms with Crippen LogP contribution in [0.1, 0.15) is 22.8 Å². The Balaban J connectivity index is 1.66. The van der Waals surface area contributed by atoms with Crippen molar-refractivity contribution in [2.75, 3.05) is 5.32 Å². The van der Waals surface area contributed by atoms with E-state index in [4.69, 9.17) is 0 Å². The fraction of sp³-hybridized carbons (Fsp3) is 0.158. The molecule has 2 aromatic carbocycles. The van der Waals surface area contributed by atoms with Crippen LogP contribution in [-0.4, -0.2) is 17.3 Å². The van der Waals surface area contributed by atoms with Crippen molar-refractivity contribution in [1.82, 2.24) is 4.98 Å². The zero-order chi connectivity index (χ0) is 19.4. The van der Waals surface area contributed by atoms with Crippen molar-refractivity contribution in [3.05, 3.63) is 65.0 Å². The number of carbonyl (C=O) groups excluding carboxylic acids is 1. The number of thiazole rings is 1. The summed E-state index contributed by atoms with van der Waals surface area (Å²) in [5, 5.41) is 4.88. The zero-order valence-electron chi connectivity index (χ0n) is 14.2. The van der Waals surface area contributed by atoms with Crippen molar-refractivity contribution >= 4 is 22.4 Å². The highest BCUT2D eigenvalue weighted by Crippen LogP contribution is 2.26. The fourth-order valence-corrected chi connectivity index (χ4v) is 3.07. The zero-order valence-corrected chi connectivity index (χ0v) is 15.0. The van der Waals surface area contributed by atoms with Crippen LogP contribution in [0.15, 0.2) is 53.9 Å². The molecule has 8 heteroatoms. The van der Waals surface area contributed by atoms with Crippen LogP contribution in [0.5, 0.6) is 5.75 Å². The minimum Gasteiger partial charge on any atom is -0.406 e. The highest BCUT2D eigenvalue weighted by Gasteiger charge is 2.31. The molecule has 1 N–H and O–H groups in total. The van der Waals surface area contributed by atoms with E-state index in [1.165, 1.54) is 29.0 Å². The van der Waals surface area contributed by atoms with Gasteiger partial charge in [0.05, 0.1) is 5.69 Å². The minimum absolute atomic E-state index is 0.202. The number of anilines is 1. The Kier molecular flexibility index (Phi) is 5.46. The fourth-order valence-electron chi connectivity index (χ4n) is 2.35. The van der Waals surface area contributed by atoms with E-state index < -0.39 is 12.3 Å². The van der Waals surface area contributed by atoms with E-state index in [-0.39, 0.29) is 11.3 Å². The molecule has 1 amide bonds. The van der Waals surface area contributed by atoms with Crippen molar-refractivity contribution in [2.24, 2.45) is 0 Å². The number of carbonyl (C=O) groups is 1. The first-order valence-electron chi connectivity index (χ1n) is 8.06. The third kappa shape index (κ3) is 5.07. The molecule has 0 fully saturated rings. The summed E-state index contributed by atoms with van der Waals surface area (Å²) in [5.74, 6) is -0.845. The van der Waals surface area contributed by atoms with Crippen LogP contribution < -0.4 is 10.1 Å². The van der Waals surface area contributed by atoms with E-state index in [2.05, 4.69) is 22.0 Å². The van der Waals surface area contributed by atoms with Gasteiger partial charge in [0.2, 0.25) is 0 Å². The van der Waals surface area contributed by atoms with E-state index in [1.807, 2.05) is 29.6 Å². The van der Waals surface area contributed by atoms with E-state index >= 15 is 0 Å². The molecule has 0 atom stereocenters. The molecule has 0 saturated carbocycles. The second-order valence-corrected chi connectivity index (χ2v) is 6.47. The number of benzene rings is 2. The Morgan fingerprint density at radius 3 is 2.37 bits per heavy atom. The smallest absolute Gasteiger partial charge is 0.406 e. The van der Waals surface area contributed by atoms with E-state index in [9.17, 15) is 18.0 Å². The number of hydrogen-bond donors (Lipinski definition) is 1. The summed E-state index contributed by atoms with van der Waals surface area (Å²) in [5.41, 5.74) is 3.11. The van der Waals surface area contributed by atoms with Crippen LogP contribution in [0.4, 0.5) is 18.3 Å². The van der Waals surface area contributed by atoms with Gasteiger partial charge < -0.3 is 4.74 Å². The lowest BCUT2D eigenvalue weighted by Gasteiger charge is -2.09. The predicted octanol–water partition coefficient (Wildman–Crippen LogP) is 5.52. The topological polar surface area (TPSA) is 51.2 Å². The van der Waals surface area contributed by atoms with Gasteiger partial charge in [0.1, 0.15) is 5.75 Å². The monoisotopic (exact) mass is 392 g/mol. The van der Waals surface area contributed by atoms with Gasteiger partial charge in [0.15, 0.2) is 5.13 Å². The van der Waals surface area contributed by atoms with Gasteiger partial charge in [-0.05, 0) is 36.2 Å². The average Bonchev–Trinajstić information content (AvgIpc) is 3.09. The molecule has 0 aliphatic carbocycles. The normalized spacial score (nSPS) is 11.3. The number of nitrogens with one attached hydrogen (secondary N) is 1. The molecule has 3 aromatic rings. The number of hydrogen-bond acceptors (Lipinski definition) is 4. The van der Waals surface area contributed by atoms with Crippen molar-refractivity contribution < 1.29 is 22.7 Å². The number of aromatic nitrogens is 1. The molecule has 0 aliphatic rings. The Labute approximate surface area is 157 Å². The van der Waals surface area contributed by atoms with Crippen LogP contribution in [0.3, 0.4) is 0 Å². The SMILES string of the molecule is CCc1ccc(-c2csc(NC(=O)c3ccc(OC(F)(F)F)cc3)n2)cc1. The number of ether oxygens (including phenoxy) is 1. The minimum atomic E-state index is -4.77. The molecule has 0 aliphatic heterocycles. The first-order chi connectivity index (χ1) is 12.8. The lowest BCUT2D eigenvalue weighted by atomic mass is 10.1. The maximum absolute atomic E-state index is 12.2. The van der Waals surface area contributed by atoms with Gasteiger partial charge in [0, 0.05) is 16.5 Å². The van der Waals surface area contributed by atoms with E-state index in [0.717, 1.165) is 29.8 Å². The summed E-state index contributed by atoms with van der Waals surface area (Å²) in [7, 11) is 0. The number of rotatable bonds is 5. The number of halogens is 3. The molecule has 0 bridgehead atoms. The van der Waals surface area contributed by atoms with Gasteiger partial charge in [-0.1, -0.05) is 31.2 Å². The first-order valence-corrected chi connectivity index (χ1v) is 8.94. The Bertz CT molecular complexity index is 919. The molecule has 1 heterocycles. The molecule has 0 saturated heterocycles. The second-order valence-electron chi connectivity index (χ2n) is 5.61. The van der Waals surface area contributed by atoms with Gasteiger partial charge in [-0.2, -0.15) is 0 Å². The number of nitrogens with zero attached hydrogens (tertiary/aromatic N) is 1. The van der Waals surface area contributed by atoms with E-state index in [1.54, 1.807) is 0 Å². The summed E-state index contributed by atoms with van der Waals surface area (Å²) >= 11 is 1.27. The van der Waals surface area contributed by atoms with Crippen molar-refractivity contribution in [3.63, 3.8) is 0 Å². The summed E-state index contributed by atoms with van der Waals surface area (Å²) in [6.45, 7) is 2.08. The molecular weight excluding hydrogens is 377 g/mol. The lowest BCUT2D eigenvalue weighted by molar-refractivity contribution is -0.274. The quantitative estimate of drug-likeness (QED) is 0.622. The van der Waals surface area contributed by atoms with Crippen molar-refractivity contribution in [1.29, 1.82) is 0 Å². The van der Waals surface area contributed by atoms with Gasteiger partial charge in [-0.25, -0.2) is 4.98 Å². The molecule has 1 aromatic heterocycles. The molecule has 27 heavy (non-hydrogen) atoms. The third-order valence-electron chi connectivity index (χ3n) is 3.73. The van der Waals surface area contributed by atoms with E-state index in [0.29, 0.717) is 5.13 Å². The summed E-state index contributed by atoms with van der Waals surface area (Å²) in [6.07, 6.45) is -3.82. The Hall–Kier alpha value is -2.87. The van der Waals surface area contributed by atoms with Crippen LogP contribution in [-0.2, 0) is 6.42 Å². The largest absolute Gasteiger partial charge is 0.573 e. The maximum atomic E-state index is 12.2. The lowest BCUT2D eigenvalue weighted by Crippen LogP contribution is -2.17. The molecule has 0 unspecified atom stereocenters. The summed E-state index contributed by atoms with van der Waals surface area (Å²) in [6, 6.07) is 12.7. The van der Waals surface area contributed by atoms with Gasteiger partial charge in [-0.15, -0.1) is 24.5 Å². The second kappa shape index (κ2) is 7.79. The van der Waals surface area contributed by atoms with Crippen molar-refractivity contribution in [3.8, 4) is 17.0 Å². The Morgan fingerprint density at radius 1 is 1.11 bits per heavy atom. The summed E-state index contributed by atoms with van der Waals surface area (Å²) in [4.78, 5) is 16.6. The Morgan fingerprint density at radius 2 is 1.78 bits per heavy atom. The summed E-state index contributed by atoms with van der Waals surface area (Å²) < 4.78 is 40.3. The highest BCUT2D eigenvalue weighted by molar-refractivity contribution is 7.14.